The van der Waals surface area contributed by atoms with Gasteiger partial charge in [-0.05, 0) is 36.4 Å². The van der Waals surface area contributed by atoms with Crippen LogP contribution in [0.4, 0.5) is 13.2 Å². The van der Waals surface area contributed by atoms with E-state index in [2.05, 4.69) is 19.6 Å². The first kappa shape index (κ1) is 18.9. The van der Waals surface area contributed by atoms with Gasteiger partial charge in [-0.1, -0.05) is 5.16 Å². The van der Waals surface area contributed by atoms with Crippen LogP contribution in [0.3, 0.4) is 0 Å². The Balaban J connectivity index is 1.63. The van der Waals surface area contributed by atoms with Crippen molar-refractivity contribution in [1.82, 2.24) is 15.1 Å². The largest absolute Gasteiger partial charge is 0.497 e. The summed E-state index contributed by atoms with van der Waals surface area (Å²) in [6.45, 7) is 0. The molecule has 0 amide bonds. The zero-order valence-corrected chi connectivity index (χ0v) is 14.7. The lowest BCUT2D eigenvalue weighted by Crippen LogP contribution is -2.05. The van der Waals surface area contributed by atoms with Gasteiger partial charge in [0.1, 0.15) is 11.4 Å². The van der Waals surface area contributed by atoms with Gasteiger partial charge >= 0.3 is 12.1 Å². The Labute approximate surface area is 155 Å². The van der Waals surface area contributed by atoms with Crippen LogP contribution in [0.5, 0.6) is 5.75 Å². The summed E-state index contributed by atoms with van der Waals surface area (Å²) in [7, 11) is 1.57. The van der Waals surface area contributed by atoms with E-state index in [-0.39, 0.29) is 28.6 Å². The summed E-state index contributed by atoms with van der Waals surface area (Å²) in [5.41, 5.74) is 0.410. The molecule has 0 N–H and O–H groups in total. The van der Waals surface area contributed by atoms with Crippen molar-refractivity contribution in [2.24, 2.45) is 0 Å². The van der Waals surface area contributed by atoms with Gasteiger partial charge in [-0.3, -0.25) is 9.78 Å². The van der Waals surface area contributed by atoms with E-state index >= 15 is 0 Å². The Morgan fingerprint density at radius 2 is 1.93 bits per heavy atom. The van der Waals surface area contributed by atoms with Gasteiger partial charge in [-0.2, -0.15) is 18.2 Å². The second-order valence-corrected chi connectivity index (χ2v) is 6.29. The van der Waals surface area contributed by atoms with E-state index in [0.29, 0.717) is 0 Å². The molecule has 6 nitrogen and oxygen atoms in total. The fourth-order valence-electron chi connectivity index (χ4n) is 2.04. The van der Waals surface area contributed by atoms with Crippen molar-refractivity contribution in [3.8, 4) is 17.1 Å². The van der Waals surface area contributed by atoms with Crippen LogP contribution in [0.25, 0.3) is 11.4 Å². The molecule has 0 fully saturated rings. The molecule has 0 bridgehead atoms. The van der Waals surface area contributed by atoms with Crippen molar-refractivity contribution in [2.45, 2.75) is 11.1 Å². The molecule has 0 aliphatic heterocycles. The molecular formula is C17H12F3N3O3S. The van der Waals surface area contributed by atoms with Gasteiger partial charge in [0.15, 0.2) is 5.78 Å². The summed E-state index contributed by atoms with van der Waals surface area (Å²) in [4.78, 5) is 20.4. The van der Waals surface area contributed by atoms with Crippen LogP contribution in [0.2, 0.25) is 0 Å². The Kier molecular flexibility index (Phi) is 5.45. The maximum Gasteiger partial charge on any atom is 0.471 e. The maximum absolute atomic E-state index is 12.5. The monoisotopic (exact) mass is 395 g/mol. The second kappa shape index (κ2) is 7.78. The molecule has 0 aliphatic rings. The number of nitrogens with zero attached hydrogens (tertiary/aromatic N) is 3. The Morgan fingerprint density at radius 1 is 1.19 bits per heavy atom. The van der Waals surface area contributed by atoms with Gasteiger partial charge in [-0.25, -0.2) is 0 Å². The fourth-order valence-corrected chi connectivity index (χ4v) is 2.82. The van der Waals surface area contributed by atoms with Crippen LogP contribution in [0, 0.1) is 0 Å². The highest BCUT2D eigenvalue weighted by Crippen LogP contribution is 2.29. The average Bonchev–Trinajstić information content (AvgIpc) is 3.17. The SMILES string of the molecule is COc1ccc(SCC(=O)c2ccc(-c3noc(C(F)(F)F)n3)cn2)cc1. The van der Waals surface area contributed by atoms with Gasteiger partial charge in [0.25, 0.3) is 0 Å². The van der Waals surface area contributed by atoms with Crippen molar-refractivity contribution >= 4 is 17.5 Å². The third-order valence-corrected chi connectivity index (χ3v) is 4.42. The van der Waals surface area contributed by atoms with Gasteiger partial charge in [0.2, 0.25) is 5.82 Å². The first-order chi connectivity index (χ1) is 12.9. The molecule has 140 valence electrons. The maximum atomic E-state index is 12.5. The lowest BCUT2D eigenvalue weighted by Gasteiger charge is -2.03. The zero-order valence-electron chi connectivity index (χ0n) is 13.9. The quantitative estimate of drug-likeness (QED) is 0.459. The van der Waals surface area contributed by atoms with E-state index in [1.54, 1.807) is 19.2 Å². The van der Waals surface area contributed by atoms with E-state index in [9.17, 15) is 18.0 Å². The van der Waals surface area contributed by atoms with Crippen LogP contribution in [-0.2, 0) is 6.18 Å². The van der Waals surface area contributed by atoms with Crippen molar-refractivity contribution in [2.75, 3.05) is 12.9 Å². The molecule has 3 rings (SSSR count). The average molecular weight is 395 g/mol. The molecule has 0 saturated carbocycles. The van der Waals surface area contributed by atoms with E-state index in [0.717, 1.165) is 10.6 Å². The molecule has 0 saturated heterocycles. The number of Topliss-reactive ketones (excluding diaryl/α,β-unsaturated/α-hetero) is 1. The number of pyridine rings is 1. The number of thioether (sulfide) groups is 1. The van der Waals surface area contributed by atoms with Crippen molar-refractivity contribution in [3.05, 3.63) is 54.2 Å². The summed E-state index contributed by atoms with van der Waals surface area (Å²) >= 11 is 1.34. The molecule has 0 aliphatic carbocycles. The van der Waals surface area contributed by atoms with Crippen molar-refractivity contribution in [1.29, 1.82) is 0 Å². The van der Waals surface area contributed by atoms with E-state index in [1.165, 1.54) is 30.1 Å². The third kappa shape index (κ3) is 4.64. The van der Waals surface area contributed by atoms with Crippen molar-refractivity contribution < 1.29 is 27.2 Å². The number of aromatic nitrogens is 3. The highest BCUT2D eigenvalue weighted by atomic mass is 32.2. The smallest absolute Gasteiger partial charge is 0.471 e. The van der Waals surface area contributed by atoms with Gasteiger partial charge in [0, 0.05) is 16.7 Å². The van der Waals surface area contributed by atoms with E-state index < -0.39 is 12.1 Å². The first-order valence-electron chi connectivity index (χ1n) is 7.54. The molecule has 0 radical (unpaired) electrons. The molecule has 2 aromatic heterocycles. The standard InChI is InChI=1S/C17H12F3N3O3S/c1-25-11-3-5-12(6-4-11)27-9-14(24)13-7-2-10(8-21-13)15-22-16(26-23-15)17(18,19)20/h2-8H,9H2,1H3. The minimum atomic E-state index is -4.72. The first-order valence-corrected chi connectivity index (χ1v) is 8.53. The summed E-state index contributed by atoms with van der Waals surface area (Å²) in [6, 6.07) is 10.1. The summed E-state index contributed by atoms with van der Waals surface area (Å²) in [5, 5.41) is 3.27. The number of ether oxygens (including phenoxy) is 1. The lowest BCUT2D eigenvalue weighted by atomic mass is 10.2. The number of alkyl halides is 3. The number of ketones is 1. The van der Waals surface area contributed by atoms with Crippen LogP contribution in [0.15, 0.2) is 52.0 Å². The normalized spacial score (nSPS) is 11.4. The Hall–Kier alpha value is -2.88. The zero-order chi connectivity index (χ0) is 19.4. The molecule has 3 aromatic rings. The van der Waals surface area contributed by atoms with Crippen LogP contribution >= 0.6 is 11.8 Å². The molecule has 1 aromatic carbocycles. The molecule has 27 heavy (non-hydrogen) atoms. The van der Waals surface area contributed by atoms with Crippen LogP contribution in [0.1, 0.15) is 16.4 Å². The molecule has 10 heteroatoms. The fraction of sp³-hybridized carbons (Fsp3) is 0.176. The van der Waals surface area contributed by atoms with Gasteiger partial charge in [-0.15, -0.1) is 11.8 Å². The van der Waals surface area contributed by atoms with Crippen LogP contribution < -0.4 is 4.74 Å². The number of benzene rings is 1. The number of rotatable bonds is 6. The predicted molar refractivity (Wildman–Crippen MR) is 90.6 cm³/mol. The van der Waals surface area contributed by atoms with Crippen molar-refractivity contribution in [3.63, 3.8) is 0 Å². The second-order valence-electron chi connectivity index (χ2n) is 5.24. The lowest BCUT2D eigenvalue weighted by molar-refractivity contribution is -0.159. The molecule has 2 heterocycles. The summed E-state index contributed by atoms with van der Waals surface area (Å²) in [5.74, 6) is -1.02. The van der Waals surface area contributed by atoms with E-state index in [1.807, 2.05) is 12.1 Å². The van der Waals surface area contributed by atoms with Gasteiger partial charge < -0.3 is 9.26 Å². The molecule has 0 atom stereocenters. The Bertz CT molecular complexity index is 925. The third-order valence-electron chi connectivity index (χ3n) is 3.41. The number of carbonyl (C=O) groups excluding carboxylic acids is 1. The molecule has 0 spiro atoms. The number of halogens is 3. The molecular weight excluding hydrogens is 383 g/mol. The minimum Gasteiger partial charge on any atom is -0.497 e. The minimum absolute atomic E-state index is 0.166. The van der Waals surface area contributed by atoms with Crippen LogP contribution in [-0.4, -0.2) is 33.8 Å². The highest BCUT2D eigenvalue weighted by Gasteiger charge is 2.38. The van der Waals surface area contributed by atoms with Gasteiger partial charge in [0.05, 0.1) is 12.9 Å². The predicted octanol–water partition coefficient (Wildman–Crippen LogP) is 4.13. The molecule has 0 unspecified atom stereocenters. The number of methoxy groups -OCH3 is 1. The Morgan fingerprint density at radius 3 is 2.48 bits per heavy atom. The highest BCUT2D eigenvalue weighted by molar-refractivity contribution is 8.00. The number of hydrogen-bond acceptors (Lipinski definition) is 7. The number of carbonyl (C=O) groups is 1. The summed E-state index contributed by atoms with van der Waals surface area (Å²) < 4.78 is 46.7. The number of hydrogen-bond donors (Lipinski definition) is 0. The topological polar surface area (TPSA) is 78.1 Å². The summed E-state index contributed by atoms with van der Waals surface area (Å²) in [6.07, 6.45) is -3.48. The van der Waals surface area contributed by atoms with E-state index in [4.69, 9.17) is 4.74 Å².